The molecule has 0 spiro atoms. The van der Waals surface area contributed by atoms with Crippen LogP contribution in [0.15, 0.2) is 42.9 Å². The number of hydrogen-bond donors (Lipinski definition) is 3. The normalized spacial score (nSPS) is 11.4. The van der Waals surface area contributed by atoms with Crippen molar-refractivity contribution in [2.24, 2.45) is 0 Å². The Labute approximate surface area is 144 Å². The first-order valence-electron chi connectivity index (χ1n) is 7.59. The van der Waals surface area contributed by atoms with Crippen molar-refractivity contribution in [3.8, 4) is 0 Å². The van der Waals surface area contributed by atoms with Gasteiger partial charge in [0.2, 0.25) is 0 Å². The van der Waals surface area contributed by atoms with E-state index in [1.54, 1.807) is 18.2 Å². The average molecular weight is 342 g/mol. The first kappa shape index (κ1) is 18.2. The molecule has 0 aliphatic rings. The van der Waals surface area contributed by atoms with Crippen molar-refractivity contribution in [3.05, 3.63) is 59.7 Å². The Bertz CT molecular complexity index is 764. The quantitative estimate of drug-likeness (QED) is 0.618. The number of carbonyl (C=O) groups is 3. The molecule has 2 rings (SSSR count). The van der Waals surface area contributed by atoms with Crippen LogP contribution in [0.25, 0.3) is 0 Å². The molecular weight excluding hydrogens is 324 g/mol. The van der Waals surface area contributed by atoms with Crippen LogP contribution in [0.1, 0.15) is 38.1 Å². The second-order valence-electron chi connectivity index (χ2n) is 5.30. The Morgan fingerprint density at radius 1 is 1.08 bits per heavy atom. The number of amides is 2. The Balaban J connectivity index is 1.80. The molecule has 1 aromatic heterocycles. The molecule has 130 valence electrons. The van der Waals surface area contributed by atoms with Gasteiger partial charge in [-0.3, -0.25) is 19.4 Å². The lowest BCUT2D eigenvalue weighted by Crippen LogP contribution is -2.40. The van der Waals surface area contributed by atoms with Crippen molar-refractivity contribution in [1.82, 2.24) is 20.6 Å². The molecule has 0 fully saturated rings. The number of rotatable bonds is 7. The second-order valence-corrected chi connectivity index (χ2v) is 5.30. The minimum absolute atomic E-state index is 0.0517. The fraction of sp³-hybridized carbons (Fsp3) is 0.235. The monoisotopic (exact) mass is 342 g/mol. The van der Waals surface area contributed by atoms with E-state index in [1.165, 1.54) is 31.6 Å². The van der Waals surface area contributed by atoms with Gasteiger partial charge in [0, 0.05) is 36.6 Å². The first-order valence-corrected chi connectivity index (χ1v) is 7.59. The number of aromatic nitrogens is 2. The van der Waals surface area contributed by atoms with E-state index < -0.39 is 17.9 Å². The Kier molecular flexibility index (Phi) is 6.30. The van der Waals surface area contributed by atoms with Crippen LogP contribution in [0.3, 0.4) is 0 Å². The molecule has 1 atom stereocenters. The van der Waals surface area contributed by atoms with E-state index in [2.05, 4.69) is 20.6 Å². The molecule has 3 N–H and O–H groups in total. The highest BCUT2D eigenvalue weighted by atomic mass is 16.3. The number of hydrogen-bond acceptors (Lipinski definition) is 6. The van der Waals surface area contributed by atoms with E-state index in [0.29, 0.717) is 11.1 Å². The summed E-state index contributed by atoms with van der Waals surface area (Å²) in [5, 5.41) is 14.9. The van der Waals surface area contributed by atoms with E-state index in [9.17, 15) is 19.5 Å². The maximum Gasteiger partial charge on any atom is 0.271 e. The van der Waals surface area contributed by atoms with Crippen molar-refractivity contribution in [2.45, 2.75) is 13.0 Å². The van der Waals surface area contributed by atoms with Gasteiger partial charge in [0.15, 0.2) is 5.78 Å². The standard InChI is InChI=1S/C17H18N4O4/c1-11(22)12-3-2-4-13(7-12)16(24)20-8-14(23)9-21-17(25)15-10-18-5-6-19-15/h2-7,10,14,23H,8-9H2,1H3,(H,20,24)(H,21,25)/t14-/m1/s1. The van der Waals surface area contributed by atoms with Gasteiger partial charge in [0.25, 0.3) is 11.8 Å². The molecule has 1 aromatic carbocycles. The zero-order valence-corrected chi connectivity index (χ0v) is 13.6. The van der Waals surface area contributed by atoms with Crippen LogP contribution in [-0.4, -0.2) is 51.9 Å². The third-order valence-electron chi connectivity index (χ3n) is 3.32. The smallest absolute Gasteiger partial charge is 0.271 e. The van der Waals surface area contributed by atoms with Crippen molar-refractivity contribution in [2.75, 3.05) is 13.1 Å². The topological polar surface area (TPSA) is 121 Å². The average Bonchev–Trinajstić information content (AvgIpc) is 2.64. The number of Topliss-reactive ketones (excluding diaryl/α,β-unsaturated/α-hetero) is 1. The van der Waals surface area contributed by atoms with Gasteiger partial charge >= 0.3 is 0 Å². The third kappa shape index (κ3) is 5.47. The van der Waals surface area contributed by atoms with Crippen LogP contribution >= 0.6 is 0 Å². The van der Waals surface area contributed by atoms with Crippen molar-refractivity contribution in [1.29, 1.82) is 0 Å². The molecular formula is C17H18N4O4. The zero-order valence-electron chi connectivity index (χ0n) is 13.6. The molecule has 8 nitrogen and oxygen atoms in total. The van der Waals surface area contributed by atoms with Crippen LogP contribution in [0.5, 0.6) is 0 Å². The number of nitrogens with zero attached hydrogens (tertiary/aromatic N) is 2. The molecule has 2 amide bonds. The van der Waals surface area contributed by atoms with Gasteiger partial charge in [-0.15, -0.1) is 0 Å². The van der Waals surface area contributed by atoms with Gasteiger partial charge in [0.05, 0.1) is 12.3 Å². The summed E-state index contributed by atoms with van der Waals surface area (Å²) >= 11 is 0. The zero-order chi connectivity index (χ0) is 18.2. The van der Waals surface area contributed by atoms with Crippen molar-refractivity contribution >= 4 is 17.6 Å². The Morgan fingerprint density at radius 2 is 1.76 bits per heavy atom. The molecule has 2 aromatic rings. The SMILES string of the molecule is CC(=O)c1cccc(C(=O)NC[C@@H](O)CNC(=O)c2cnccn2)c1. The van der Waals surface area contributed by atoms with Crippen LogP contribution in [0, 0.1) is 0 Å². The molecule has 0 radical (unpaired) electrons. The molecule has 0 saturated heterocycles. The number of ketones is 1. The number of aliphatic hydroxyl groups excluding tert-OH is 1. The number of benzene rings is 1. The second kappa shape index (κ2) is 8.65. The Morgan fingerprint density at radius 3 is 2.40 bits per heavy atom. The maximum absolute atomic E-state index is 12.0. The van der Waals surface area contributed by atoms with Gasteiger partial charge in [-0.05, 0) is 19.1 Å². The van der Waals surface area contributed by atoms with Crippen molar-refractivity contribution in [3.63, 3.8) is 0 Å². The lowest BCUT2D eigenvalue weighted by atomic mass is 10.1. The Hall–Kier alpha value is -3.13. The summed E-state index contributed by atoms with van der Waals surface area (Å²) in [6, 6.07) is 6.29. The minimum atomic E-state index is -0.972. The van der Waals surface area contributed by atoms with Crippen LogP contribution in [-0.2, 0) is 0 Å². The first-order chi connectivity index (χ1) is 12.0. The van der Waals surface area contributed by atoms with Gasteiger partial charge < -0.3 is 15.7 Å². The summed E-state index contributed by atoms with van der Waals surface area (Å²) in [5.41, 5.74) is 0.896. The largest absolute Gasteiger partial charge is 0.389 e. The molecule has 0 aliphatic carbocycles. The highest BCUT2D eigenvalue weighted by Gasteiger charge is 2.13. The van der Waals surface area contributed by atoms with E-state index in [4.69, 9.17) is 0 Å². The van der Waals surface area contributed by atoms with Gasteiger partial charge in [0.1, 0.15) is 5.69 Å². The summed E-state index contributed by atoms with van der Waals surface area (Å²) in [6.45, 7) is 1.31. The van der Waals surface area contributed by atoms with Crippen LogP contribution in [0.2, 0.25) is 0 Å². The molecule has 0 saturated carbocycles. The molecule has 0 bridgehead atoms. The molecule has 1 heterocycles. The van der Waals surface area contributed by atoms with E-state index in [1.807, 2.05) is 0 Å². The molecule has 0 unspecified atom stereocenters. The highest BCUT2D eigenvalue weighted by molar-refractivity contribution is 5.99. The van der Waals surface area contributed by atoms with E-state index in [0.717, 1.165) is 0 Å². The fourth-order valence-corrected chi connectivity index (χ4v) is 1.98. The number of nitrogens with one attached hydrogen (secondary N) is 2. The van der Waals surface area contributed by atoms with E-state index in [-0.39, 0.29) is 24.6 Å². The maximum atomic E-state index is 12.0. The van der Waals surface area contributed by atoms with Gasteiger partial charge in [-0.1, -0.05) is 12.1 Å². The van der Waals surface area contributed by atoms with Crippen LogP contribution < -0.4 is 10.6 Å². The summed E-state index contributed by atoms with van der Waals surface area (Å²) in [5.74, 6) is -1.02. The molecule has 0 aliphatic heterocycles. The van der Waals surface area contributed by atoms with Crippen LogP contribution in [0.4, 0.5) is 0 Å². The van der Waals surface area contributed by atoms with Gasteiger partial charge in [-0.2, -0.15) is 0 Å². The van der Waals surface area contributed by atoms with Gasteiger partial charge in [-0.25, -0.2) is 4.98 Å². The fourth-order valence-electron chi connectivity index (χ4n) is 1.98. The number of aliphatic hydroxyl groups is 1. The summed E-state index contributed by atoms with van der Waals surface area (Å²) < 4.78 is 0. The summed E-state index contributed by atoms with van der Waals surface area (Å²) in [6.07, 6.45) is 3.18. The third-order valence-corrected chi connectivity index (χ3v) is 3.32. The minimum Gasteiger partial charge on any atom is -0.389 e. The number of carbonyl (C=O) groups excluding carboxylic acids is 3. The summed E-state index contributed by atoms with van der Waals surface area (Å²) in [7, 11) is 0. The molecule has 8 heteroatoms. The lowest BCUT2D eigenvalue weighted by Gasteiger charge is -2.13. The summed E-state index contributed by atoms with van der Waals surface area (Å²) in [4.78, 5) is 42.8. The predicted molar refractivity (Wildman–Crippen MR) is 89.2 cm³/mol. The molecule has 25 heavy (non-hydrogen) atoms. The highest BCUT2D eigenvalue weighted by Crippen LogP contribution is 2.06. The lowest BCUT2D eigenvalue weighted by molar-refractivity contribution is 0.0882. The predicted octanol–water partition coefficient (Wildman–Crippen LogP) is 0.200. The van der Waals surface area contributed by atoms with E-state index >= 15 is 0 Å². The van der Waals surface area contributed by atoms with Crippen molar-refractivity contribution < 1.29 is 19.5 Å².